The van der Waals surface area contributed by atoms with Crippen LogP contribution in [-0.4, -0.2) is 85.9 Å². The van der Waals surface area contributed by atoms with E-state index in [-0.39, 0.29) is 29.8 Å². The predicted molar refractivity (Wildman–Crippen MR) is 121 cm³/mol. The van der Waals surface area contributed by atoms with Crippen molar-refractivity contribution in [2.45, 2.75) is 51.1 Å². The number of benzene rings is 1. The summed E-state index contributed by atoms with van der Waals surface area (Å²) >= 11 is 0. The lowest BCUT2D eigenvalue weighted by Crippen LogP contribution is -2.55. The van der Waals surface area contributed by atoms with E-state index >= 15 is 0 Å². The first-order valence-corrected chi connectivity index (χ1v) is 11.6. The van der Waals surface area contributed by atoms with Crippen LogP contribution < -0.4 is 0 Å². The van der Waals surface area contributed by atoms with Gasteiger partial charge in [0, 0.05) is 33.3 Å². The van der Waals surface area contributed by atoms with Crippen molar-refractivity contribution in [1.29, 1.82) is 0 Å². The Labute approximate surface area is 190 Å². The van der Waals surface area contributed by atoms with Crippen molar-refractivity contribution in [2.75, 3.05) is 46.4 Å². The number of epoxide rings is 1. The van der Waals surface area contributed by atoms with Crippen molar-refractivity contribution < 1.29 is 23.8 Å². The minimum atomic E-state index is -0.337. The minimum Gasteiger partial charge on any atom is -0.443 e. The second kappa shape index (κ2) is 10.2. The molecule has 8 heteroatoms. The van der Waals surface area contributed by atoms with E-state index in [0.717, 1.165) is 37.3 Å². The van der Waals surface area contributed by atoms with Gasteiger partial charge < -0.3 is 28.8 Å². The molecule has 0 radical (unpaired) electrons. The van der Waals surface area contributed by atoms with E-state index < -0.39 is 0 Å². The van der Waals surface area contributed by atoms with E-state index in [1.54, 1.807) is 12.0 Å². The van der Waals surface area contributed by atoms with E-state index in [2.05, 4.69) is 17.0 Å². The van der Waals surface area contributed by atoms with Crippen LogP contribution in [0, 0.1) is 5.92 Å². The normalized spacial score (nSPS) is 30.9. The molecule has 4 atom stereocenters. The molecule has 0 aromatic heterocycles. The van der Waals surface area contributed by atoms with Crippen molar-refractivity contribution in [3.05, 3.63) is 35.9 Å². The number of likely N-dealkylation sites (N-methyl/N-ethyl adjacent to an activating group) is 1. The van der Waals surface area contributed by atoms with Gasteiger partial charge in [-0.2, -0.15) is 0 Å². The molecule has 176 valence electrons. The number of carbonyl (C=O) groups is 1. The number of methoxy groups -OCH3 is 1. The average molecular weight is 446 g/mol. The maximum absolute atomic E-state index is 12.8. The van der Waals surface area contributed by atoms with Crippen LogP contribution in [0.1, 0.15) is 32.3 Å². The summed E-state index contributed by atoms with van der Waals surface area (Å²) in [6, 6.07) is 9.94. The molecule has 0 N–H and O–H groups in total. The largest absolute Gasteiger partial charge is 0.443 e. The second-order valence-electron chi connectivity index (χ2n) is 8.91. The van der Waals surface area contributed by atoms with Crippen LogP contribution in [0.4, 0.5) is 4.79 Å². The summed E-state index contributed by atoms with van der Waals surface area (Å²) in [5, 5.41) is 4.40. The van der Waals surface area contributed by atoms with Gasteiger partial charge >= 0.3 is 6.09 Å². The molecule has 1 spiro atoms. The molecule has 3 fully saturated rings. The molecule has 1 aromatic rings. The zero-order valence-corrected chi connectivity index (χ0v) is 19.4. The third kappa shape index (κ3) is 5.08. The number of oxime groups is 1. The van der Waals surface area contributed by atoms with E-state index in [1.807, 2.05) is 37.3 Å². The number of hydrogen-bond donors (Lipinski definition) is 0. The molecule has 1 aromatic carbocycles. The van der Waals surface area contributed by atoms with Gasteiger partial charge in [-0.3, -0.25) is 0 Å². The van der Waals surface area contributed by atoms with Gasteiger partial charge in [0.15, 0.2) is 0 Å². The first kappa shape index (κ1) is 23.0. The third-order valence-corrected chi connectivity index (χ3v) is 6.96. The maximum Gasteiger partial charge on any atom is 0.410 e. The number of hydrogen-bond acceptors (Lipinski definition) is 7. The molecule has 0 bridgehead atoms. The van der Waals surface area contributed by atoms with Gasteiger partial charge in [-0.05, 0) is 31.9 Å². The number of piperazine rings is 1. The van der Waals surface area contributed by atoms with Gasteiger partial charge in [-0.1, -0.05) is 42.4 Å². The van der Waals surface area contributed by atoms with Gasteiger partial charge in [0.1, 0.15) is 24.4 Å². The smallest absolute Gasteiger partial charge is 0.410 e. The highest BCUT2D eigenvalue weighted by Crippen LogP contribution is 2.48. The molecule has 1 amide bonds. The Balaban J connectivity index is 1.40. The topological polar surface area (TPSA) is 76.1 Å². The van der Waals surface area contributed by atoms with E-state index in [1.165, 1.54) is 0 Å². The molecule has 3 aliphatic rings. The van der Waals surface area contributed by atoms with Crippen molar-refractivity contribution in [3.8, 4) is 0 Å². The quantitative estimate of drug-likeness (QED) is 0.365. The SMILES string of the molecule is CCN1CCN(C(=O)O[C@@H]2CC[C@]3(CO3)[C@@H](/C(C)=N/OCc3ccccc3)[C@@H]2OC)CC1. The lowest BCUT2D eigenvalue weighted by molar-refractivity contribution is -0.0885. The zero-order chi connectivity index (χ0) is 22.6. The number of amides is 1. The molecule has 0 unspecified atom stereocenters. The summed E-state index contributed by atoms with van der Waals surface area (Å²) in [7, 11) is 1.66. The fraction of sp³-hybridized carbons (Fsp3) is 0.667. The molecule has 1 aliphatic carbocycles. The van der Waals surface area contributed by atoms with Crippen molar-refractivity contribution in [2.24, 2.45) is 11.1 Å². The van der Waals surface area contributed by atoms with Gasteiger partial charge in [0.25, 0.3) is 0 Å². The Morgan fingerprint density at radius 2 is 1.94 bits per heavy atom. The molecule has 2 heterocycles. The van der Waals surface area contributed by atoms with Crippen LogP contribution in [0.25, 0.3) is 0 Å². The average Bonchev–Trinajstić information content (AvgIpc) is 3.60. The minimum absolute atomic E-state index is 0.119. The summed E-state index contributed by atoms with van der Waals surface area (Å²) in [6.45, 7) is 9.32. The van der Waals surface area contributed by atoms with E-state index in [9.17, 15) is 4.79 Å². The summed E-state index contributed by atoms with van der Waals surface area (Å²) < 4.78 is 17.7. The van der Waals surface area contributed by atoms with Crippen LogP contribution in [0.3, 0.4) is 0 Å². The van der Waals surface area contributed by atoms with Crippen molar-refractivity contribution in [1.82, 2.24) is 9.80 Å². The molecule has 2 aliphatic heterocycles. The molecule has 8 nitrogen and oxygen atoms in total. The number of carbonyl (C=O) groups excluding carboxylic acids is 1. The summed E-state index contributed by atoms with van der Waals surface area (Å²) in [4.78, 5) is 22.6. The van der Waals surface area contributed by atoms with Gasteiger partial charge in [-0.15, -0.1) is 0 Å². The van der Waals surface area contributed by atoms with Gasteiger partial charge in [-0.25, -0.2) is 4.79 Å². The molecule has 4 rings (SSSR count). The lowest BCUT2D eigenvalue weighted by Gasteiger charge is -2.41. The van der Waals surface area contributed by atoms with Gasteiger partial charge in [0.2, 0.25) is 0 Å². The summed E-state index contributed by atoms with van der Waals surface area (Å²) in [5.41, 5.74) is 1.57. The molecule has 1 saturated carbocycles. The first-order valence-electron chi connectivity index (χ1n) is 11.6. The van der Waals surface area contributed by atoms with Crippen LogP contribution in [0.2, 0.25) is 0 Å². The Morgan fingerprint density at radius 1 is 1.22 bits per heavy atom. The lowest BCUT2D eigenvalue weighted by atomic mass is 9.73. The standard InChI is InChI=1S/C24H35N3O5/c1-4-26-12-14-27(15-13-26)23(28)32-20-10-11-24(17-30-24)21(22(20)29-3)18(2)25-31-16-19-8-6-5-7-9-19/h5-9,20-22H,4,10-17H2,1-3H3/b25-18+/t20-,21+,22-,24+/m1/s1. The number of rotatable bonds is 7. The van der Waals surface area contributed by atoms with Gasteiger partial charge in [0.05, 0.1) is 18.2 Å². The Kier molecular flexibility index (Phi) is 7.33. The second-order valence-corrected chi connectivity index (χ2v) is 8.91. The maximum atomic E-state index is 12.8. The Hall–Kier alpha value is -2.16. The highest BCUT2D eigenvalue weighted by atomic mass is 16.6. The molecule has 2 saturated heterocycles. The number of nitrogens with zero attached hydrogens (tertiary/aromatic N) is 3. The van der Waals surface area contributed by atoms with Crippen LogP contribution in [-0.2, 0) is 25.7 Å². The fourth-order valence-electron chi connectivity index (χ4n) is 4.96. The predicted octanol–water partition coefficient (Wildman–Crippen LogP) is 2.92. The van der Waals surface area contributed by atoms with E-state index in [4.69, 9.17) is 19.0 Å². The van der Waals surface area contributed by atoms with Crippen LogP contribution in [0.5, 0.6) is 0 Å². The molecular weight excluding hydrogens is 410 g/mol. The third-order valence-electron chi connectivity index (χ3n) is 6.96. The Morgan fingerprint density at radius 3 is 2.56 bits per heavy atom. The first-order chi connectivity index (χ1) is 15.6. The fourth-order valence-corrected chi connectivity index (χ4v) is 4.96. The highest BCUT2D eigenvalue weighted by Gasteiger charge is 2.60. The van der Waals surface area contributed by atoms with Crippen molar-refractivity contribution >= 4 is 11.8 Å². The summed E-state index contributed by atoms with van der Waals surface area (Å²) in [5.74, 6) is -0.119. The number of ether oxygens (including phenoxy) is 3. The van der Waals surface area contributed by atoms with Crippen LogP contribution in [0.15, 0.2) is 35.5 Å². The van der Waals surface area contributed by atoms with Crippen LogP contribution >= 0.6 is 0 Å². The zero-order valence-electron chi connectivity index (χ0n) is 19.4. The molecular formula is C24H35N3O5. The van der Waals surface area contributed by atoms with E-state index in [0.29, 0.717) is 32.7 Å². The summed E-state index contributed by atoms with van der Waals surface area (Å²) in [6.07, 6.45) is 0.611. The Bertz CT molecular complexity index is 790. The van der Waals surface area contributed by atoms with Crippen molar-refractivity contribution in [3.63, 3.8) is 0 Å². The highest BCUT2D eigenvalue weighted by molar-refractivity contribution is 5.86. The molecule has 32 heavy (non-hydrogen) atoms. The monoisotopic (exact) mass is 445 g/mol.